The summed E-state index contributed by atoms with van der Waals surface area (Å²) in [5.74, 6) is 7.57. The molecule has 4 aliphatic carbocycles. The second-order valence-corrected chi connectivity index (χ2v) is 9.49. The number of ketones is 1. The van der Waals surface area contributed by atoms with Gasteiger partial charge in [0.15, 0.2) is 5.79 Å². The van der Waals surface area contributed by atoms with E-state index in [9.17, 15) is 4.79 Å². The lowest BCUT2D eigenvalue weighted by Gasteiger charge is -2.24. The van der Waals surface area contributed by atoms with Gasteiger partial charge in [0.1, 0.15) is 5.78 Å². The van der Waals surface area contributed by atoms with Gasteiger partial charge in [0.25, 0.3) is 0 Å². The first kappa shape index (κ1) is 19.1. The Labute approximate surface area is 155 Å². The van der Waals surface area contributed by atoms with Crippen molar-refractivity contribution in [2.75, 3.05) is 37.2 Å². The highest BCUT2D eigenvalue weighted by atomic mass is 32.2. The van der Waals surface area contributed by atoms with Gasteiger partial charge in [-0.15, -0.1) is 0 Å². The van der Waals surface area contributed by atoms with E-state index in [1.807, 2.05) is 23.5 Å². The van der Waals surface area contributed by atoms with Crippen LogP contribution in [0.2, 0.25) is 0 Å². The molecule has 0 aromatic heterocycles. The molecule has 1 spiro atoms. The van der Waals surface area contributed by atoms with Gasteiger partial charge in [-0.1, -0.05) is 7.43 Å². The second kappa shape index (κ2) is 7.50. The zero-order chi connectivity index (χ0) is 16.0. The minimum atomic E-state index is -0.120. The first-order chi connectivity index (χ1) is 11.2. The van der Waals surface area contributed by atoms with Gasteiger partial charge < -0.3 is 9.47 Å². The molecule has 0 amide bonds. The Bertz CT molecular complexity index is 458. The van der Waals surface area contributed by atoms with Gasteiger partial charge in [-0.3, -0.25) is 4.79 Å². The summed E-state index contributed by atoms with van der Waals surface area (Å²) in [4.78, 5) is 11.1. The molecule has 1 aliphatic heterocycles. The predicted octanol–water partition coefficient (Wildman–Crippen LogP) is 3.96. The molecule has 1 saturated heterocycles. The third-order valence-electron chi connectivity index (χ3n) is 6.59. The summed E-state index contributed by atoms with van der Waals surface area (Å²) in [6, 6.07) is 0. The van der Waals surface area contributed by atoms with E-state index in [-0.39, 0.29) is 13.2 Å². The quantitative estimate of drug-likeness (QED) is 0.746. The topological polar surface area (TPSA) is 35.5 Å². The summed E-state index contributed by atoms with van der Waals surface area (Å²) in [7, 11) is 0. The van der Waals surface area contributed by atoms with Crippen LogP contribution in [-0.2, 0) is 14.3 Å². The molecule has 5 rings (SSSR count). The van der Waals surface area contributed by atoms with Gasteiger partial charge in [0.2, 0.25) is 0 Å². The fraction of sp³-hybridized carbons (Fsp3) is 0.947. The van der Waals surface area contributed by atoms with Gasteiger partial charge in [-0.05, 0) is 60.5 Å². The van der Waals surface area contributed by atoms with Gasteiger partial charge in [0.05, 0.1) is 13.2 Å². The van der Waals surface area contributed by atoms with Crippen LogP contribution in [0.1, 0.15) is 33.1 Å². The molecule has 24 heavy (non-hydrogen) atoms. The zero-order valence-electron chi connectivity index (χ0n) is 14.2. The van der Waals surface area contributed by atoms with Gasteiger partial charge in [-0.25, -0.2) is 0 Å². The van der Waals surface area contributed by atoms with E-state index in [4.69, 9.17) is 9.47 Å². The molecule has 138 valence electrons. The Morgan fingerprint density at radius 2 is 1.71 bits per heavy atom. The minimum absolute atomic E-state index is 0. The fourth-order valence-corrected chi connectivity index (χ4v) is 7.14. The van der Waals surface area contributed by atoms with E-state index in [0.717, 1.165) is 55.6 Å². The number of ether oxygens (including phenoxy) is 2. The van der Waals surface area contributed by atoms with Crippen LogP contribution in [0.5, 0.6) is 0 Å². The molecular formula is C19H32O3S2. The number of fused-ring (bicyclic) bond motifs is 3. The maximum Gasteiger partial charge on any atom is 0.171 e. The maximum absolute atomic E-state index is 11.1. The molecule has 0 radical (unpaired) electrons. The average molecular weight is 373 g/mol. The number of carbonyl (C=O) groups excluding carboxylic acids is 1. The molecular weight excluding hydrogens is 340 g/mol. The highest BCUT2D eigenvalue weighted by Crippen LogP contribution is 2.65. The molecule has 5 fully saturated rings. The Hall–Kier alpha value is 0.290. The second-order valence-electron chi connectivity index (χ2n) is 7.67. The largest absolute Gasteiger partial charge is 0.347 e. The van der Waals surface area contributed by atoms with Crippen molar-refractivity contribution in [1.29, 1.82) is 0 Å². The Morgan fingerprint density at radius 3 is 2.29 bits per heavy atom. The number of Topliss-reactive ketones (excluding diaryl/α,β-unsaturated/α-hetero) is 1. The van der Waals surface area contributed by atoms with Crippen LogP contribution in [0.4, 0.5) is 0 Å². The van der Waals surface area contributed by atoms with Crippen molar-refractivity contribution >= 4 is 29.3 Å². The molecule has 0 unspecified atom stereocenters. The molecule has 0 N–H and O–H groups in total. The summed E-state index contributed by atoms with van der Waals surface area (Å²) in [5, 5.41) is 0. The molecule has 5 aliphatic rings. The van der Waals surface area contributed by atoms with Crippen LogP contribution < -0.4 is 0 Å². The molecule has 5 heteroatoms. The van der Waals surface area contributed by atoms with Crippen molar-refractivity contribution in [2.24, 2.45) is 35.5 Å². The van der Waals surface area contributed by atoms with Crippen molar-refractivity contribution in [1.82, 2.24) is 0 Å². The van der Waals surface area contributed by atoms with Gasteiger partial charge in [0, 0.05) is 24.7 Å². The van der Waals surface area contributed by atoms with Crippen LogP contribution in [0.25, 0.3) is 0 Å². The predicted molar refractivity (Wildman–Crippen MR) is 103 cm³/mol. The van der Waals surface area contributed by atoms with E-state index in [2.05, 4.69) is 12.5 Å². The molecule has 4 saturated carbocycles. The molecule has 0 aromatic rings. The van der Waals surface area contributed by atoms with E-state index in [1.54, 1.807) is 0 Å². The maximum atomic E-state index is 11.1. The number of thioether (sulfide) groups is 2. The lowest BCUT2D eigenvalue weighted by molar-refractivity contribution is -0.170. The molecule has 6 atom stereocenters. The normalized spacial score (nSPS) is 42.8. The number of hydrogen-bond donors (Lipinski definition) is 0. The summed E-state index contributed by atoms with van der Waals surface area (Å²) in [6.45, 7) is 1.63. The Morgan fingerprint density at radius 1 is 1.04 bits per heavy atom. The summed E-state index contributed by atoms with van der Waals surface area (Å²) < 4.78 is 11.6. The highest BCUT2D eigenvalue weighted by Gasteiger charge is 2.67. The molecule has 3 nitrogen and oxygen atoms in total. The molecule has 0 aromatic carbocycles. The van der Waals surface area contributed by atoms with Crippen molar-refractivity contribution in [2.45, 2.75) is 38.9 Å². The number of carbonyl (C=O) groups is 1. The lowest BCUT2D eigenvalue weighted by Crippen LogP contribution is -2.31. The van der Waals surface area contributed by atoms with Crippen LogP contribution in [0.3, 0.4) is 0 Å². The smallest absolute Gasteiger partial charge is 0.171 e. The van der Waals surface area contributed by atoms with Gasteiger partial charge >= 0.3 is 0 Å². The van der Waals surface area contributed by atoms with Crippen molar-refractivity contribution in [3.8, 4) is 0 Å². The van der Waals surface area contributed by atoms with E-state index >= 15 is 0 Å². The summed E-state index contributed by atoms with van der Waals surface area (Å²) in [5.41, 5.74) is 0. The van der Waals surface area contributed by atoms with Crippen molar-refractivity contribution in [3.63, 3.8) is 0 Å². The first-order valence-corrected chi connectivity index (χ1v) is 11.8. The van der Waals surface area contributed by atoms with Crippen LogP contribution in [-0.4, -0.2) is 48.8 Å². The summed E-state index contributed by atoms with van der Waals surface area (Å²) in [6.07, 6.45) is 8.85. The van der Waals surface area contributed by atoms with Crippen LogP contribution in [0.15, 0.2) is 0 Å². The average Bonchev–Trinajstić information content (AvgIpc) is 3.17. The third kappa shape index (κ3) is 3.19. The van der Waals surface area contributed by atoms with Crippen molar-refractivity contribution < 1.29 is 14.3 Å². The Balaban J connectivity index is 0.000000140. The monoisotopic (exact) mass is 372 g/mol. The minimum Gasteiger partial charge on any atom is -0.347 e. The van der Waals surface area contributed by atoms with Crippen LogP contribution in [0, 0.1) is 35.5 Å². The third-order valence-corrected chi connectivity index (χ3v) is 8.02. The fourth-order valence-electron chi connectivity index (χ4n) is 5.46. The van der Waals surface area contributed by atoms with E-state index < -0.39 is 0 Å². The van der Waals surface area contributed by atoms with E-state index in [1.165, 1.54) is 24.3 Å². The number of hydrogen-bond acceptors (Lipinski definition) is 5. The highest BCUT2D eigenvalue weighted by molar-refractivity contribution is 7.98. The zero-order valence-corrected chi connectivity index (χ0v) is 15.8. The van der Waals surface area contributed by atoms with Gasteiger partial charge in [-0.2, -0.15) is 23.5 Å². The van der Waals surface area contributed by atoms with E-state index in [0.29, 0.717) is 11.7 Å². The standard InChI is InChI=1S/C10H16O2S.C8H12OS.CH4/c1-13-6-8-7-2-3-10(9(7)8)11-4-5-12-10;1-10-4-6-5-2-3-7(9)8(5)6;/h7-9H,2-6H2,1H3;5-6,8H,2-4H2,1H3;1H4/t7-,8+,9-;5-,6+,8-;/m00./s1. The lowest BCUT2D eigenvalue weighted by atomic mass is 10.1. The van der Waals surface area contributed by atoms with Crippen LogP contribution >= 0.6 is 23.5 Å². The number of rotatable bonds is 4. The SMILES string of the molecule is C.CSC[C@@H]1[C@@H]2CCC(=O)[C@H]12.CSC[C@@H]1[C@@H]2CCC3(OCCO3)[C@H]12. The summed E-state index contributed by atoms with van der Waals surface area (Å²) >= 11 is 3.84. The Kier molecular flexibility index (Phi) is 5.95. The first-order valence-electron chi connectivity index (χ1n) is 9.00. The molecule has 1 heterocycles. The van der Waals surface area contributed by atoms with Crippen molar-refractivity contribution in [3.05, 3.63) is 0 Å². The molecule has 0 bridgehead atoms.